The molecular weight excluding hydrogens is 317 g/mol. The molecule has 1 aliphatic rings. The Bertz CT molecular complexity index is 488. The standard InChI is InChI=1S/C17H26FNO5/c1-6-8-22-12-17(18)10-13(14(20)23-9-7-2)19(11-17)15(21)24-16(3,4)5/h6-7,13H,1-2,8-12H2,3-5H3/t13-,17+/m0/s1. The molecule has 0 bridgehead atoms. The molecule has 0 aliphatic carbocycles. The topological polar surface area (TPSA) is 65.1 Å². The van der Waals surface area contributed by atoms with E-state index in [4.69, 9.17) is 14.2 Å². The van der Waals surface area contributed by atoms with E-state index in [1.54, 1.807) is 20.8 Å². The Hall–Kier alpha value is -1.89. The molecule has 0 radical (unpaired) electrons. The van der Waals surface area contributed by atoms with Gasteiger partial charge in [0.1, 0.15) is 18.2 Å². The van der Waals surface area contributed by atoms with Crippen LogP contribution in [0, 0.1) is 0 Å². The molecule has 0 saturated carbocycles. The lowest BCUT2D eigenvalue weighted by atomic mass is 10.0. The molecule has 136 valence electrons. The first kappa shape index (κ1) is 20.2. The second-order valence-corrected chi connectivity index (χ2v) is 6.70. The number of hydrogen-bond acceptors (Lipinski definition) is 5. The highest BCUT2D eigenvalue weighted by molar-refractivity contribution is 5.82. The van der Waals surface area contributed by atoms with Gasteiger partial charge in [-0.05, 0) is 20.8 Å². The fraction of sp³-hybridized carbons (Fsp3) is 0.647. The summed E-state index contributed by atoms with van der Waals surface area (Å²) in [5.74, 6) is -0.691. The van der Waals surface area contributed by atoms with E-state index in [0.29, 0.717) is 0 Å². The van der Waals surface area contributed by atoms with Gasteiger partial charge in [-0.2, -0.15) is 0 Å². The molecule has 1 heterocycles. The van der Waals surface area contributed by atoms with Crippen LogP contribution in [0.25, 0.3) is 0 Å². The van der Waals surface area contributed by atoms with Crippen molar-refractivity contribution in [1.29, 1.82) is 0 Å². The van der Waals surface area contributed by atoms with Gasteiger partial charge >= 0.3 is 12.1 Å². The largest absolute Gasteiger partial charge is 0.460 e. The van der Waals surface area contributed by atoms with Crippen LogP contribution in [0.3, 0.4) is 0 Å². The molecule has 6 nitrogen and oxygen atoms in total. The molecule has 0 aromatic carbocycles. The lowest BCUT2D eigenvalue weighted by Crippen LogP contribution is -2.44. The fourth-order valence-electron chi connectivity index (χ4n) is 2.33. The monoisotopic (exact) mass is 343 g/mol. The van der Waals surface area contributed by atoms with Gasteiger partial charge < -0.3 is 14.2 Å². The van der Waals surface area contributed by atoms with Gasteiger partial charge in [-0.1, -0.05) is 18.7 Å². The summed E-state index contributed by atoms with van der Waals surface area (Å²) in [6.07, 6.45) is 1.94. The van der Waals surface area contributed by atoms with Crippen LogP contribution in [0.5, 0.6) is 0 Å². The number of hydrogen-bond donors (Lipinski definition) is 0. The van der Waals surface area contributed by atoms with E-state index in [9.17, 15) is 14.0 Å². The minimum atomic E-state index is -1.85. The SMILES string of the molecule is C=CCOC[C@@]1(F)C[C@@H](C(=O)OCC=C)N(C(=O)OC(C)(C)C)C1. The van der Waals surface area contributed by atoms with Crippen molar-refractivity contribution in [2.24, 2.45) is 0 Å². The average Bonchev–Trinajstić information content (AvgIpc) is 2.82. The normalized spacial score (nSPS) is 23.7. The summed E-state index contributed by atoms with van der Waals surface area (Å²) >= 11 is 0. The second-order valence-electron chi connectivity index (χ2n) is 6.70. The van der Waals surface area contributed by atoms with E-state index in [1.807, 2.05) is 0 Å². The van der Waals surface area contributed by atoms with Gasteiger partial charge in [-0.15, -0.1) is 6.58 Å². The van der Waals surface area contributed by atoms with Crippen LogP contribution in [0.1, 0.15) is 27.2 Å². The van der Waals surface area contributed by atoms with Gasteiger partial charge in [0, 0.05) is 6.42 Å². The number of nitrogens with zero attached hydrogens (tertiary/aromatic N) is 1. The van der Waals surface area contributed by atoms with Crippen LogP contribution >= 0.6 is 0 Å². The summed E-state index contributed by atoms with van der Waals surface area (Å²) in [5.41, 5.74) is -2.61. The molecule has 1 amide bonds. The molecule has 24 heavy (non-hydrogen) atoms. The van der Waals surface area contributed by atoms with E-state index in [2.05, 4.69) is 13.2 Å². The van der Waals surface area contributed by atoms with Crippen molar-refractivity contribution in [3.8, 4) is 0 Å². The Balaban J connectivity index is 2.88. The summed E-state index contributed by atoms with van der Waals surface area (Å²) in [7, 11) is 0. The molecule has 0 aromatic heterocycles. The summed E-state index contributed by atoms with van der Waals surface area (Å²) < 4.78 is 30.4. The first-order valence-corrected chi connectivity index (χ1v) is 7.76. The molecular formula is C17H26FNO5. The van der Waals surface area contributed by atoms with E-state index in [1.165, 1.54) is 12.2 Å². The van der Waals surface area contributed by atoms with Crippen molar-refractivity contribution in [3.05, 3.63) is 25.3 Å². The molecule has 1 rings (SSSR count). The van der Waals surface area contributed by atoms with Crippen molar-refractivity contribution in [2.45, 2.75) is 44.5 Å². The molecule has 0 aromatic rings. The third-order valence-electron chi connectivity index (χ3n) is 3.23. The minimum absolute atomic E-state index is 0.0102. The highest BCUT2D eigenvalue weighted by Crippen LogP contribution is 2.33. The zero-order chi connectivity index (χ0) is 18.4. The maximum absolute atomic E-state index is 15.0. The molecule has 1 saturated heterocycles. The maximum atomic E-state index is 15.0. The van der Waals surface area contributed by atoms with Gasteiger partial charge in [0.25, 0.3) is 0 Å². The molecule has 0 unspecified atom stereocenters. The van der Waals surface area contributed by atoms with E-state index in [0.717, 1.165) is 4.90 Å². The summed E-state index contributed by atoms with van der Waals surface area (Å²) in [6.45, 7) is 11.7. The first-order valence-electron chi connectivity index (χ1n) is 7.76. The van der Waals surface area contributed by atoms with Crippen molar-refractivity contribution >= 4 is 12.1 Å². The number of carbonyl (C=O) groups is 2. The number of halogens is 1. The number of esters is 1. The average molecular weight is 343 g/mol. The Labute approximate surface area is 142 Å². The van der Waals surface area contributed by atoms with E-state index >= 15 is 0 Å². The third-order valence-corrected chi connectivity index (χ3v) is 3.23. The van der Waals surface area contributed by atoms with Crippen LogP contribution in [0.15, 0.2) is 25.3 Å². The number of carbonyl (C=O) groups excluding carboxylic acids is 2. The van der Waals surface area contributed by atoms with Crippen LogP contribution in [0.2, 0.25) is 0 Å². The number of ether oxygens (including phenoxy) is 3. The number of amides is 1. The molecule has 1 aliphatic heterocycles. The Morgan fingerprint density at radius 3 is 2.46 bits per heavy atom. The Kier molecular flexibility index (Phi) is 6.95. The maximum Gasteiger partial charge on any atom is 0.411 e. The number of alkyl halides is 1. The summed E-state index contributed by atoms with van der Waals surface area (Å²) in [5, 5.41) is 0. The van der Waals surface area contributed by atoms with Crippen molar-refractivity contribution in [1.82, 2.24) is 4.90 Å². The Morgan fingerprint density at radius 2 is 1.92 bits per heavy atom. The van der Waals surface area contributed by atoms with Gasteiger partial charge in [0.2, 0.25) is 0 Å². The minimum Gasteiger partial charge on any atom is -0.460 e. The molecule has 2 atom stereocenters. The summed E-state index contributed by atoms with van der Waals surface area (Å²) in [6, 6.07) is -1.06. The van der Waals surface area contributed by atoms with Crippen molar-refractivity contribution in [3.63, 3.8) is 0 Å². The lowest BCUT2D eigenvalue weighted by Gasteiger charge is -2.27. The molecule has 7 heteroatoms. The quantitative estimate of drug-likeness (QED) is 0.404. The second kappa shape index (κ2) is 8.28. The predicted molar refractivity (Wildman–Crippen MR) is 87.4 cm³/mol. The van der Waals surface area contributed by atoms with E-state index < -0.39 is 29.4 Å². The van der Waals surface area contributed by atoms with Crippen molar-refractivity contribution < 1.29 is 28.2 Å². The van der Waals surface area contributed by atoms with Crippen LogP contribution < -0.4 is 0 Å². The Morgan fingerprint density at radius 1 is 1.29 bits per heavy atom. The van der Waals surface area contributed by atoms with Gasteiger partial charge in [-0.25, -0.2) is 14.0 Å². The van der Waals surface area contributed by atoms with Crippen LogP contribution in [-0.4, -0.2) is 60.6 Å². The number of rotatable bonds is 7. The number of likely N-dealkylation sites (tertiary alicyclic amines) is 1. The molecule has 0 N–H and O–H groups in total. The highest BCUT2D eigenvalue weighted by atomic mass is 19.1. The molecule has 0 spiro atoms. The molecule has 1 fully saturated rings. The predicted octanol–water partition coefficient (Wildman–Crippen LogP) is 2.64. The van der Waals surface area contributed by atoms with E-state index in [-0.39, 0.29) is 32.8 Å². The van der Waals surface area contributed by atoms with Gasteiger partial charge in [-0.3, -0.25) is 4.90 Å². The zero-order valence-electron chi connectivity index (χ0n) is 14.5. The van der Waals surface area contributed by atoms with Crippen molar-refractivity contribution in [2.75, 3.05) is 26.4 Å². The van der Waals surface area contributed by atoms with Crippen LogP contribution in [0.4, 0.5) is 9.18 Å². The van der Waals surface area contributed by atoms with Crippen LogP contribution in [-0.2, 0) is 19.0 Å². The highest BCUT2D eigenvalue weighted by Gasteiger charge is 2.51. The smallest absolute Gasteiger partial charge is 0.411 e. The third kappa shape index (κ3) is 5.96. The fourth-order valence-corrected chi connectivity index (χ4v) is 2.33. The van der Waals surface area contributed by atoms with Gasteiger partial charge in [0.05, 0.1) is 19.8 Å². The lowest BCUT2D eigenvalue weighted by molar-refractivity contribution is -0.147. The zero-order valence-corrected chi connectivity index (χ0v) is 14.5. The summed E-state index contributed by atoms with van der Waals surface area (Å²) in [4.78, 5) is 25.5. The van der Waals surface area contributed by atoms with Gasteiger partial charge in [0.15, 0.2) is 5.67 Å². The first-order chi connectivity index (χ1) is 11.1.